The fraction of sp³-hybridized carbons (Fsp3) is 0.200. The number of hydrogen-bond donors (Lipinski definition) is 3. The van der Waals surface area contributed by atoms with Crippen LogP contribution in [0.15, 0.2) is 48.5 Å². The predicted molar refractivity (Wildman–Crippen MR) is 105 cm³/mol. The van der Waals surface area contributed by atoms with E-state index in [1.807, 2.05) is 24.3 Å². The van der Waals surface area contributed by atoms with Gasteiger partial charge in [-0.15, -0.1) is 0 Å². The Bertz CT molecular complexity index is 1040. The number of carbonyl (C=O) groups is 3. The molecule has 9 heteroatoms. The lowest BCUT2D eigenvalue weighted by molar-refractivity contribution is -0.125. The highest BCUT2D eigenvalue weighted by Gasteiger charge is 2.40. The number of para-hydroxylation sites is 2. The van der Waals surface area contributed by atoms with Gasteiger partial charge in [-0.2, -0.15) is 0 Å². The number of H-pyrrole nitrogens is 1. The van der Waals surface area contributed by atoms with Gasteiger partial charge in [0.2, 0.25) is 5.91 Å². The lowest BCUT2D eigenvalue weighted by atomic mass is 10.2. The van der Waals surface area contributed by atoms with E-state index in [1.165, 1.54) is 7.11 Å². The summed E-state index contributed by atoms with van der Waals surface area (Å²) in [5.74, 6) is 0.392. The Morgan fingerprint density at radius 3 is 2.66 bits per heavy atom. The van der Waals surface area contributed by atoms with Crippen LogP contribution in [0.2, 0.25) is 0 Å². The van der Waals surface area contributed by atoms with Gasteiger partial charge in [0.25, 0.3) is 5.91 Å². The molecule has 0 radical (unpaired) electrons. The average Bonchev–Trinajstić information content (AvgIpc) is 3.27. The first kappa shape index (κ1) is 18.5. The van der Waals surface area contributed by atoms with Crippen molar-refractivity contribution in [2.75, 3.05) is 12.0 Å². The maximum Gasteiger partial charge on any atom is 0.329 e. The van der Waals surface area contributed by atoms with E-state index >= 15 is 0 Å². The molecule has 0 spiro atoms. The summed E-state index contributed by atoms with van der Waals surface area (Å²) in [4.78, 5) is 45.6. The zero-order valence-electron chi connectivity index (χ0n) is 15.6. The molecular formula is C20H19N5O4. The molecule has 4 rings (SSSR count). The molecule has 1 atom stereocenters. The maximum absolute atomic E-state index is 12.6. The normalized spacial score (nSPS) is 16.2. The molecule has 1 aromatic heterocycles. The third-order valence-electron chi connectivity index (χ3n) is 4.63. The van der Waals surface area contributed by atoms with E-state index < -0.39 is 18.0 Å². The van der Waals surface area contributed by atoms with Crippen molar-refractivity contribution in [3.05, 3.63) is 54.4 Å². The number of nitrogens with one attached hydrogen (secondary N) is 3. The van der Waals surface area contributed by atoms with E-state index in [0.29, 0.717) is 17.3 Å². The largest absolute Gasteiger partial charge is 0.497 e. The smallest absolute Gasteiger partial charge is 0.329 e. The number of imide groups is 1. The third kappa shape index (κ3) is 3.75. The number of rotatable bonds is 6. The number of nitrogens with zero attached hydrogens (tertiary/aromatic N) is 2. The molecule has 3 aromatic rings. The molecule has 2 heterocycles. The number of hydrogen-bond acceptors (Lipinski definition) is 5. The maximum atomic E-state index is 12.6. The van der Waals surface area contributed by atoms with Crippen LogP contribution in [-0.4, -0.2) is 41.0 Å². The van der Waals surface area contributed by atoms with Crippen LogP contribution in [0, 0.1) is 0 Å². The summed E-state index contributed by atoms with van der Waals surface area (Å²) in [5, 5.41) is 5.27. The Hall–Kier alpha value is -3.88. The van der Waals surface area contributed by atoms with Crippen LogP contribution in [0.3, 0.4) is 0 Å². The van der Waals surface area contributed by atoms with Gasteiger partial charge < -0.3 is 20.4 Å². The molecule has 1 aliphatic rings. The molecular weight excluding hydrogens is 374 g/mol. The summed E-state index contributed by atoms with van der Waals surface area (Å²) in [7, 11) is 1.53. The zero-order chi connectivity index (χ0) is 20.4. The van der Waals surface area contributed by atoms with Crippen molar-refractivity contribution in [3.63, 3.8) is 0 Å². The molecule has 1 fully saturated rings. The Morgan fingerprint density at radius 1 is 1.17 bits per heavy atom. The third-order valence-corrected chi connectivity index (χ3v) is 4.63. The fourth-order valence-corrected chi connectivity index (χ4v) is 3.17. The first-order valence-corrected chi connectivity index (χ1v) is 9.04. The molecule has 0 saturated carbocycles. The monoisotopic (exact) mass is 393 g/mol. The van der Waals surface area contributed by atoms with Crippen LogP contribution in [0.4, 0.5) is 10.5 Å². The first-order chi connectivity index (χ1) is 14.0. The molecule has 4 amide bonds. The molecule has 2 aromatic carbocycles. The van der Waals surface area contributed by atoms with Gasteiger partial charge in [0, 0.05) is 0 Å². The van der Waals surface area contributed by atoms with Crippen LogP contribution in [0.1, 0.15) is 12.2 Å². The lowest BCUT2D eigenvalue weighted by Gasteiger charge is -2.13. The van der Waals surface area contributed by atoms with Gasteiger partial charge in [0.05, 0.1) is 36.8 Å². The molecule has 29 heavy (non-hydrogen) atoms. The predicted octanol–water partition coefficient (Wildman–Crippen LogP) is 1.70. The Kier molecular flexibility index (Phi) is 4.86. The van der Waals surface area contributed by atoms with Crippen molar-refractivity contribution in [1.29, 1.82) is 0 Å². The second-order valence-electron chi connectivity index (χ2n) is 6.56. The summed E-state index contributed by atoms with van der Waals surface area (Å²) in [6.45, 7) is 0.199. The number of carbonyl (C=O) groups excluding carboxylic acids is 3. The lowest BCUT2D eigenvalue weighted by Crippen LogP contribution is -2.36. The second kappa shape index (κ2) is 7.63. The SMILES string of the molecule is COc1ccc(N2C(=O)NC(CC(=O)NCc3nc4ccccc4[nH]3)C2=O)cc1. The van der Waals surface area contributed by atoms with E-state index in [1.54, 1.807) is 24.3 Å². The number of aromatic nitrogens is 2. The molecule has 0 aliphatic carbocycles. The quantitative estimate of drug-likeness (QED) is 0.551. The average molecular weight is 393 g/mol. The zero-order valence-corrected chi connectivity index (χ0v) is 15.6. The van der Waals surface area contributed by atoms with E-state index in [-0.39, 0.29) is 18.9 Å². The van der Waals surface area contributed by atoms with Gasteiger partial charge in [-0.05, 0) is 36.4 Å². The first-order valence-electron chi connectivity index (χ1n) is 9.04. The minimum Gasteiger partial charge on any atom is -0.497 e. The molecule has 1 aliphatic heterocycles. The van der Waals surface area contributed by atoms with Crippen LogP contribution >= 0.6 is 0 Å². The minimum absolute atomic E-state index is 0.155. The molecule has 1 unspecified atom stereocenters. The van der Waals surface area contributed by atoms with Crippen LogP contribution < -0.4 is 20.3 Å². The number of imidazole rings is 1. The number of methoxy groups -OCH3 is 1. The van der Waals surface area contributed by atoms with Crippen molar-refractivity contribution >= 4 is 34.6 Å². The molecule has 148 valence electrons. The summed E-state index contributed by atoms with van der Waals surface area (Å²) >= 11 is 0. The van der Waals surface area contributed by atoms with Gasteiger partial charge in [0.1, 0.15) is 17.6 Å². The van der Waals surface area contributed by atoms with Crippen LogP contribution in [0.25, 0.3) is 11.0 Å². The van der Waals surface area contributed by atoms with Crippen molar-refractivity contribution in [1.82, 2.24) is 20.6 Å². The minimum atomic E-state index is -0.916. The molecule has 0 bridgehead atoms. The topological polar surface area (TPSA) is 116 Å². The van der Waals surface area contributed by atoms with E-state index in [2.05, 4.69) is 20.6 Å². The Balaban J connectivity index is 1.36. The summed E-state index contributed by atoms with van der Waals surface area (Å²) < 4.78 is 5.08. The number of benzene rings is 2. The van der Waals surface area contributed by atoms with Crippen LogP contribution in [0.5, 0.6) is 5.75 Å². The number of aromatic amines is 1. The summed E-state index contributed by atoms with van der Waals surface area (Å²) in [6, 6.07) is 12.6. The fourth-order valence-electron chi connectivity index (χ4n) is 3.17. The number of ether oxygens (including phenoxy) is 1. The van der Waals surface area contributed by atoms with Gasteiger partial charge in [0.15, 0.2) is 0 Å². The van der Waals surface area contributed by atoms with E-state index in [4.69, 9.17) is 4.74 Å². The number of urea groups is 1. The number of fused-ring (bicyclic) bond motifs is 1. The molecule has 1 saturated heterocycles. The summed E-state index contributed by atoms with van der Waals surface area (Å²) in [6.07, 6.45) is -0.155. The second-order valence-corrected chi connectivity index (χ2v) is 6.56. The van der Waals surface area contributed by atoms with Gasteiger partial charge in [-0.25, -0.2) is 14.7 Å². The van der Waals surface area contributed by atoms with Gasteiger partial charge in [-0.3, -0.25) is 9.59 Å². The number of anilines is 1. The van der Waals surface area contributed by atoms with Crippen LogP contribution in [-0.2, 0) is 16.1 Å². The highest BCUT2D eigenvalue weighted by molar-refractivity contribution is 6.22. The van der Waals surface area contributed by atoms with Gasteiger partial charge in [-0.1, -0.05) is 12.1 Å². The van der Waals surface area contributed by atoms with Crippen molar-refractivity contribution in [2.45, 2.75) is 19.0 Å². The highest BCUT2D eigenvalue weighted by Crippen LogP contribution is 2.23. The van der Waals surface area contributed by atoms with Crippen molar-refractivity contribution in [2.24, 2.45) is 0 Å². The van der Waals surface area contributed by atoms with Gasteiger partial charge >= 0.3 is 6.03 Å². The Labute approximate surface area is 166 Å². The van der Waals surface area contributed by atoms with Crippen molar-refractivity contribution < 1.29 is 19.1 Å². The highest BCUT2D eigenvalue weighted by atomic mass is 16.5. The molecule has 9 nitrogen and oxygen atoms in total. The molecule has 3 N–H and O–H groups in total. The van der Waals surface area contributed by atoms with E-state index in [9.17, 15) is 14.4 Å². The standard InChI is InChI=1S/C20H19N5O4/c1-29-13-8-6-12(7-9-13)25-19(27)16(24-20(25)28)10-18(26)21-11-17-22-14-4-2-3-5-15(14)23-17/h2-9,16H,10-11H2,1H3,(H,21,26)(H,22,23)(H,24,28). The van der Waals surface area contributed by atoms with Crippen molar-refractivity contribution in [3.8, 4) is 5.75 Å². The summed E-state index contributed by atoms with van der Waals surface area (Å²) in [5.41, 5.74) is 2.11. The van der Waals surface area contributed by atoms with E-state index in [0.717, 1.165) is 15.9 Å². The number of amides is 4. The Morgan fingerprint density at radius 2 is 1.93 bits per heavy atom.